The second-order valence-electron chi connectivity index (χ2n) is 5.40. The lowest BCUT2D eigenvalue weighted by Gasteiger charge is -2.15. The van der Waals surface area contributed by atoms with E-state index in [9.17, 15) is 4.79 Å². The van der Waals surface area contributed by atoms with Crippen LogP contribution in [0.1, 0.15) is 5.56 Å². The molecule has 0 saturated carbocycles. The lowest BCUT2D eigenvalue weighted by molar-refractivity contribution is -0.113. The summed E-state index contributed by atoms with van der Waals surface area (Å²) >= 11 is 22.1. The number of ether oxygens (including phenoxy) is 1. The van der Waals surface area contributed by atoms with E-state index in [0.717, 1.165) is 10.0 Å². The maximum Gasteiger partial charge on any atom is 0.270 e. The summed E-state index contributed by atoms with van der Waals surface area (Å²) in [6, 6.07) is 10.5. The Labute approximate surface area is 185 Å². The van der Waals surface area contributed by atoms with Gasteiger partial charge >= 0.3 is 0 Å². The summed E-state index contributed by atoms with van der Waals surface area (Å²) in [6.07, 6.45) is 3.43. The summed E-state index contributed by atoms with van der Waals surface area (Å²) in [5.41, 5.74) is 1.34. The van der Waals surface area contributed by atoms with Crippen LogP contribution in [-0.4, -0.2) is 16.8 Å². The summed E-state index contributed by atoms with van der Waals surface area (Å²) < 4.78 is 6.97. The number of thiocarbonyl (C=S) groups is 1. The number of hydrogen-bond acceptors (Lipinski definition) is 4. The zero-order chi connectivity index (χ0) is 19.6. The van der Waals surface area contributed by atoms with Crippen molar-refractivity contribution >= 4 is 85.1 Å². The molecule has 2 aromatic rings. The van der Waals surface area contributed by atoms with Gasteiger partial charge in [0.2, 0.25) is 0 Å². The molecule has 3 nitrogen and oxygen atoms in total. The minimum atomic E-state index is -0.224. The third-order valence-corrected chi connectivity index (χ3v) is 6.10. The van der Waals surface area contributed by atoms with Gasteiger partial charge in [0.15, 0.2) is 4.32 Å². The van der Waals surface area contributed by atoms with Gasteiger partial charge in [-0.2, -0.15) is 0 Å². The number of carbonyl (C=O) groups excluding carboxylic acids is 1. The van der Waals surface area contributed by atoms with Gasteiger partial charge in [0.25, 0.3) is 5.91 Å². The Morgan fingerprint density at radius 1 is 1.22 bits per heavy atom. The van der Waals surface area contributed by atoms with Gasteiger partial charge in [-0.25, -0.2) is 0 Å². The molecule has 1 heterocycles. The molecule has 27 heavy (non-hydrogen) atoms. The summed E-state index contributed by atoms with van der Waals surface area (Å²) in [7, 11) is 0. The fraction of sp³-hybridized carbons (Fsp3) is 0.0526. The number of carbonyl (C=O) groups is 1. The van der Waals surface area contributed by atoms with Gasteiger partial charge in [-0.1, -0.05) is 75.8 Å². The largest absolute Gasteiger partial charge is 0.489 e. The molecule has 0 unspecified atom stereocenters. The molecule has 138 valence electrons. The summed E-state index contributed by atoms with van der Waals surface area (Å²) in [6.45, 7) is 4.02. The second-order valence-corrected chi connectivity index (χ2v) is 8.80. The first-order chi connectivity index (χ1) is 12.9. The topological polar surface area (TPSA) is 29.5 Å². The Morgan fingerprint density at radius 2 is 2.00 bits per heavy atom. The minimum absolute atomic E-state index is 0.224. The maximum atomic E-state index is 12.9. The Kier molecular flexibility index (Phi) is 6.65. The first kappa shape index (κ1) is 20.4. The molecule has 0 aliphatic carbocycles. The number of amides is 1. The van der Waals surface area contributed by atoms with Crippen LogP contribution < -0.4 is 9.64 Å². The predicted molar refractivity (Wildman–Crippen MR) is 122 cm³/mol. The third-order valence-electron chi connectivity index (χ3n) is 3.57. The number of halogens is 3. The molecule has 3 rings (SSSR count). The molecule has 1 aliphatic rings. The predicted octanol–water partition coefficient (Wildman–Crippen LogP) is 6.73. The Balaban J connectivity index is 1.96. The van der Waals surface area contributed by atoms with Crippen LogP contribution in [0.15, 0.2) is 58.4 Å². The SMILES string of the molecule is C=CCOc1ccc(Br)cc1/C=C1\SC(=S)N(c2ccc(Cl)c(Cl)c2)C1=O. The van der Waals surface area contributed by atoms with Gasteiger partial charge in [0.05, 0.1) is 20.6 Å². The summed E-state index contributed by atoms with van der Waals surface area (Å²) in [5, 5.41) is 0.777. The Hall–Kier alpha value is -1.31. The maximum absolute atomic E-state index is 12.9. The first-order valence-electron chi connectivity index (χ1n) is 7.67. The van der Waals surface area contributed by atoms with E-state index < -0.39 is 0 Å². The van der Waals surface area contributed by atoms with Crippen molar-refractivity contribution in [2.24, 2.45) is 0 Å². The fourth-order valence-corrected chi connectivity index (χ4v) is 4.33. The van der Waals surface area contributed by atoms with Crippen LogP contribution in [0.5, 0.6) is 5.75 Å². The Morgan fingerprint density at radius 3 is 2.70 bits per heavy atom. The second kappa shape index (κ2) is 8.80. The number of thioether (sulfide) groups is 1. The van der Waals surface area contributed by atoms with Crippen molar-refractivity contribution in [3.05, 3.63) is 74.0 Å². The van der Waals surface area contributed by atoms with Crippen molar-refractivity contribution in [2.45, 2.75) is 0 Å². The molecular weight excluding hydrogens is 489 g/mol. The quantitative estimate of drug-likeness (QED) is 0.258. The van der Waals surface area contributed by atoms with Gasteiger partial charge in [-0.15, -0.1) is 0 Å². The standard InChI is InChI=1S/C19H12BrCl2NO2S2/c1-2-7-25-16-6-3-12(20)8-11(16)9-17-18(24)23(19(26)27-17)13-4-5-14(21)15(22)10-13/h2-6,8-10H,1,7H2/b17-9-. The Bertz CT molecular complexity index is 978. The van der Waals surface area contributed by atoms with Crippen molar-refractivity contribution in [1.29, 1.82) is 0 Å². The van der Waals surface area contributed by atoms with E-state index in [1.807, 2.05) is 18.2 Å². The molecular formula is C19H12BrCl2NO2S2. The smallest absolute Gasteiger partial charge is 0.270 e. The summed E-state index contributed by atoms with van der Waals surface area (Å²) in [4.78, 5) is 14.9. The molecule has 0 N–H and O–H groups in total. The highest BCUT2D eigenvalue weighted by atomic mass is 79.9. The van der Waals surface area contributed by atoms with Crippen LogP contribution in [0.2, 0.25) is 10.0 Å². The van der Waals surface area contributed by atoms with Crippen LogP contribution in [0, 0.1) is 0 Å². The van der Waals surface area contributed by atoms with Crippen molar-refractivity contribution in [3.63, 3.8) is 0 Å². The molecule has 0 spiro atoms. The van der Waals surface area contributed by atoms with E-state index >= 15 is 0 Å². The number of rotatable bonds is 5. The van der Waals surface area contributed by atoms with Crippen LogP contribution >= 0.6 is 63.1 Å². The highest BCUT2D eigenvalue weighted by Crippen LogP contribution is 2.39. The number of hydrogen-bond donors (Lipinski definition) is 0. The average molecular weight is 501 g/mol. The van der Waals surface area contributed by atoms with E-state index in [0.29, 0.717) is 37.3 Å². The zero-order valence-corrected chi connectivity index (χ0v) is 18.5. The molecule has 0 bridgehead atoms. The van der Waals surface area contributed by atoms with Crippen molar-refractivity contribution in [1.82, 2.24) is 0 Å². The first-order valence-corrected chi connectivity index (χ1v) is 10.4. The monoisotopic (exact) mass is 499 g/mol. The molecule has 8 heteroatoms. The molecule has 0 aromatic heterocycles. The van der Waals surface area contributed by atoms with Gasteiger partial charge in [-0.3, -0.25) is 9.69 Å². The fourth-order valence-electron chi connectivity index (χ4n) is 2.37. The molecule has 2 aromatic carbocycles. The van der Waals surface area contributed by atoms with E-state index in [1.165, 1.54) is 16.7 Å². The van der Waals surface area contributed by atoms with Crippen LogP contribution in [0.3, 0.4) is 0 Å². The molecule has 1 aliphatic heterocycles. The van der Waals surface area contributed by atoms with Crippen molar-refractivity contribution < 1.29 is 9.53 Å². The van der Waals surface area contributed by atoms with Gasteiger partial charge < -0.3 is 4.74 Å². The zero-order valence-electron chi connectivity index (χ0n) is 13.7. The van der Waals surface area contributed by atoms with Gasteiger partial charge in [-0.05, 0) is 42.5 Å². The summed E-state index contributed by atoms with van der Waals surface area (Å²) in [5.74, 6) is 0.427. The van der Waals surface area contributed by atoms with Gasteiger partial charge in [0.1, 0.15) is 12.4 Å². The molecule has 0 atom stereocenters. The normalized spacial score (nSPS) is 15.5. The lowest BCUT2D eigenvalue weighted by atomic mass is 10.2. The minimum Gasteiger partial charge on any atom is -0.489 e. The van der Waals surface area contributed by atoms with Crippen LogP contribution in [-0.2, 0) is 4.79 Å². The van der Waals surface area contributed by atoms with Crippen LogP contribution in [0.25, 0.3) is 6.08 Å². The molecule has 1 amide bonds. The van der Waals surface area contributed by atoms with E-state index in [4.69, 9.17) is 40.2 Å². The molecule has 1 fully saturated rings. The van der Waals surface area contributed by atoms with E-state index in [2.05, 4.69) is 22.5 Å². The lowest BCUT2D eigenvalue weighted by Crippen LogP contribution is -2.27. The van der Waals surface area contributed by atoms with Crippen molar-refractivity contribution in [2.75, 3.05) is 11.5 Å². The highest BCUT2D eigenvalue weighted by molar-refractivity contribution is 9.10. The number of benzene rings is 2. The van der Waals surface area contributed by atoms with Gasteiger partial charge in [0, 0.05) is 10.0 Å². The van der Waals surface area contributed by atoms with Crippen molar-refractivity contribution in [3.8, 4) is 5.75 Å². The number of anilines is 1. The average Bonchev–Trinajstić information content (AvgIpc) is 2.90. The highest BCUT2D eigenvalue weighted by Gasteiger charge is 2.33. The number of nitrogens with zero attached hydrogens (tertiary/aromatic N) is 1. The van der Waals surface area contributed by atoms with E-state index in [-0.39, 0.29) is 5.91 Å². The molecule has 0 radical (unpaired) electrons. The van der Waals surface area contributed by atoms with Crippen LogP contribution in [0.4, 0.5) is 5.69 Å². The third kappa shape index (κ3) is 4.58. The van der Waals surface area contributed by atoms with E-state index in [1.54, 1.807) is 30.4 Å². The molecule has 1 saturated heterocycles.